The van der Waals surface area contributed by atoms with E-state index in [1.807, 2.05) is 18.2 Å². The van der Waals surface area contributed by atoms with E-state index in [-0.39, 0.29) is 0 Å². The zero-order valence-corrected chi connectivity index (χ0v) is 10.2. The van der Waals surface area contributed by atoms with Crippen LogP contribution in [0.4, 0.5) is 0 Å². The van der Waals surface area contributed by atoms with Crippen molar-refractivity contribution in [2.24, 2.45) is 0 Å². The number of hydrogen-bond acceptors (Lipinski definition) is 5. The van der Waals surface area contributed by atoms with Crippen molar-refractivity contribution in [1.82, 2.24) is 15.0 Å². The molecule has 96 valence electrons. The van der Waals surface area contributed by atoms with Gasteiger partial charge in [-0.1, -0.05) is 17.3 Å². The highest BCUT2D eigenvalue weighted by Crippen LogP contribution is 2.20. The molecule has 0 spiro atoms. The van der Waals surface area contributed by atoms with E-state index in [4.69, 9.17) is 14.7 Å². The van der Waals surface area contributed by atoms with Crippen LogP contribution in [0, 0.1) is 11.3 Å². The molecule has 6 nitrogen and oxygen atoms in total. The lowest BCUT2D eigenvalue weighted by Crippen LogP contribution is -2.01. The molecule has 3 rings (SSSR count). The van der Waals surface area contributed by atoms with Crippen molar-refractivity contribution < 1.29 is 9.47 Å². The largest absolute Gasteiger partial charge is 0.345 e. The molecule has 1 aromatic carbocycles. The van der Waals surface area contributed by atoms with E-state index in [9.17, 15) is 0 Å². The molecule has 0 atom stereocenters. The molecule has 19 heavy (non-hydrogen) atoms. The molecule has 0 bridgehead atoms. The molecule has 1 aliphatic rings. The number of hydrogen-bond donors (Lipinski definition) is 0. The van der Waals surface area contributed by atoms with Gasteiger partial charge in [-0.25, -0.2) is 4.68 Å². The molecule has 1 fully saturated rings. The van der Waals surface area contributed by atoms with Crippen molar-refractivity contribution in [1.29, 1.82) is 5.26 Å². The number of benzene rings is 1. The zero-order valence-electron chi connectivity index (χ0n) is 10.2. The smallest absolute Gasteiger partial charge is 0.204 e. The monoisotopic (exact) mass is 256 g/mol. The molecular formula is C13H12N4O2. The van der Waals surface area contributed by atoms with E-state index in [2.05, 4.69) is 16.4 Å². The highest BCUT2D eigenvalue weighted by atomic mass is 16.7. The molecule has 0 aliphatic carbocycles. The van der Waals surface area contributed by atoms with E-state index >= 15 is 0 Å². The van der Waals surface area contributed by atoms with Gasteiger partial charge in [0, 0.05) is 0 Å². The van der Waals surface area contributed by atoms with Gasteiger partial charge in [-0.05, 0) is 17.7 Å². The van der Waals surface area contributed by atoms with Gasteiger partial charge in [-0.2, -0.15) is 5.26 Å². The van der Waals surface area contributed by atoms with Gasteiger partial charge in [0.05, 0.1) is 37.6 Å². The first-order valence-electron chi connectivity index (χ1n) is 5.97. The van der Waals surface area contributed by atoms with Crippen LogP contribution in [0.15, 0.2) is 30.5 Å². The fraction of sp³-hybridized carbons (Fsp3) is 0.308. The van der Waals surface area contributed by atoms with Crippen molar-refractivity contribution in [2.75, 3.05) is 13.2 Å². The van der Waals surface area contributed by atoms with Gasteiger partial charge >= 0.3 is 0 Å². The predicted octanol–water partition coefficient (Wildman–Crippen LogP) is 1.24. The highest BCUT2D eigenvalue weighted by molar-refractivity contribution is 5.32. The first-order chi connectivity index (χ1) is 9.35. The Morgan fingerprint density at radius 3 is 3.00 bits per heavy atom. The van der Waals surface area contributed by atoms with Crippen LogP contribution in [-0.4, -0.2) is 28.2 Å². The van der Waals surface area contributed by atoms with Gasteiger partial charge in [0.25, 0.3) is 0 Å². The normalized spacial score (nSPS) is 15.5. The van der Waals surface area contributed by atoms with Crippen LogP contribution in [0.3, 0.4) is 0 Å². The molecule has 2 aromatic rings. The molecule has 1 saturated heterocycles. The Morgan fingerprint density at radius 2 is 2.21 bits per heavy atom. The fourth-order valence-electron chi connectivity index (χ4n) is 1.95. The first-order valence-corrected chi connectivity index (χ1v) is 5.97. The van der Waals surface area contributed by atoms with Crippen LogP contribution in [0.1, 0.15) is 23.1 Å². The van der Waals surface area contributed by atoms with Gasteiger partial charge in [0.15, 0.2) is 0 Å². The van der Waals surface area contributed by atoms with Crippen molar-refractivity contribution in [3.05, 3.63) is 47.3 Å². The second-order valence-corrected chi connectivity index (χ2v) is 4.23. The van der Waals surface area contributed by atoms with Crippen LogP contribution >= 0.6 is 0 Å². The topological polar surface area (TPSA) is 73.0 Å². The molecule has 2 heterocycles. The lowest BCUT2D eigenvalue weighted by atomic mass is 10.1. The molecule has 1 aromatic heterocycles. The fourth-order valence-corrected chi connectivity index (χ4v) is 1.95. The molecule has 0 radical (unpaired) electrons. The number of rotatable bonds is 3. The van der Waals surface area contributed by atoms with Gasteiger partial charge < -0.3 is 9.47 Å². The van der Waals surface area contributed by atoms with Crippen LogP contribution in [-0.2, 0) is 16.0 Å². The Balaban J connectivity index is 1.74. The van der Waals surface area contributed by atoms with Crippen LogP contribution in [0.2, 0.25) is 0 Å². The van der Waals surface area contributed by atoms with E-state index < -0.39 is 6.29 Å². The minimum Gasteiger partial charge on any atom is -0.345 e. The van der Waals surface area contributed by atoms with Crippen molar-refractivity contribution in [2.45, 2.75) is 12.8 Å². The van der Waals surface area contributed by atoms with Gasteiger partial charge in [0.2, 0.25) is 6.29 Å². The molecule has 0 N–H and O–H groups in total. The van der Waals surface area contributed by atoms with Crippen LogP contribution in [0.5, 0.6) is 0 Å². The number of aromatic nitrogens is 3. The summed E-state index contributed by atoms with van der Waals surface area (Å²) in [6.07, 6.45) is 1.40. The Hall–Kier alpha value is -2.23. The first kappa shape index (κ1) is 11.8. The van der Waals surface area contributed by atoms with Crippen molar-refractivity contribution >= 4 is 0 Å². The minimum absolute atomic E-state index is 0.404. The summed E-state index contributed by atoms with van der Waals surface area (Å²) in [5, 5.41) is 16.9. The maximum atomic E-state index is 8.86. The summed E-state index contributed by atoms with van der Waals surface area (Å²) in [4.78, 5) is 0. The number of nitrogens with zero attached hydrogens (tertiary/aromatic N) is 4. The Labute approximate surface area is 110 Å². The molecule has 0 unspecified atom stereocenters. The maximum absolute atomic E-state index is 8.86. The van der Waals surface area contributed by atoms with E-state index in [0.29, 0.717) is 31.0 Å². The van der Waals surface area contributed by atoms with Crippen molar-refractivity contribution in [3.8, 4) is 6.07 Å². The summed E-state index contributed by atoms with van der Waals surface area (Å²) in [6.45, 7) is 1.73. The summed E-state index contributed by atoms with van der Waals surface area (Å²) >= 11 is 0. The third kappa shape index (κ3) is 2.62. The number of ether oxygens (including phenoxy) is 2. The third-order valence-corrected chi connectivity index (χ3v) is 2.82. The zero-order chi connectivity index (χ0) is 13.1. The van der Waals surface area contributed by atoms with E-state index in [1.165, 1.54) is 0 Å². The average molecular weight is 256 g/mol. The summed E-state index contributed by atoms with van der Waals surface area (Å²) in [5.74, 6) is 0. The Kier molecular flexibility index (Phi) is 3.23. The highest BCUT2D eigenvalue weighted by Gasteiger charge is 2.21. The van der Waals surface area contributed by atoms with E-state index in [0.717, 1.165) is 5.56 Å². The molecular weight excluding hydrogens is 244 g/mol. The summed E-state index contributed by atoms with van der Waals surface area (Å²) < 4.78 is 12.4. The molecule has 6 heteroatoms. The van der Waals surface area contributed by atoms with Crippen LogP contribution in [0.25, 0.3) is 0 Å². The maximum Gasteiger partial charge on any atom is 0.204 e. The van der Waals surface area contributed by atoms with Gasteiger partial charge in [-0.15, -0.1) is 5.10 Å². The standard InChI is InChI=1S/C13H12N4O2/c14-7-10-2-1-3-11(6-10)8-17-9-12(15-16-17)13-18-4-5-19-13/h1-3,6,9,13H,4-5,8H2. The summed E-state index contributed by atoms with van der Waals surface area (Å²) in [5.41, 5.74) is 2.32. The Morgan fingerprint density at radius 1 is 1.37 bits per heavy atom. The summed E-state index contributed by atoms with van der Waals surface area (Å²) in [7, 11) is 0. The van der Waals surface area contributed by atoms with E-state index in [1.54, 1.807) is 16.9 Å². The SMILES string of the molecule is N#Cc1cccc(Cn2cc(C3OCCO3)nn2)c1. The number of nitriles is 1. The molecule has 1 aliphatic heterocycles. The third-order valence-electron chi connectivity index (χ3n) is 2.82. The minimum atomic E-state index is -0.404. The predicted molar refractivity (Wildman–Crippen MR) is 64.9 cm³/mol. The average Bonchev–Trinajstić information content (AvgIpc) is 3.09. The Bertz CT molecular complexity index is 611. The van der Waals surface area contributed by atoms with Crippen molar-refractivity contribution in [3.63, 3.8) is 0 Å². The second kappa shape index (κ2) is 5.18. The lowest BCUT2D eigenvalue weighted by molar-refractivity contribution is -0.0473. The summed E-state index contributed by atoms with van der Waals surface area (Å²) in [6, 6.07) is 9.53. The quantitative estimate of drug-likeness (QED) is 0.826. The molecule has 0 amide bonds. The van der Waals surface area contributed by atoms with Crippen LogP contribution < -0.4 is 0 Å². The molecule has 0 saturated carbocycles. The second-order valence-electron chi connectivity index (χ2n) is 4.23. The van der Waals surface area contributed by atoms with Gasteiger partial charge in [0.1, 0.15) is 5.69 Å². The lowest BCUT2D eigenvalue weighted by Gasteiger charge is -2.03. The van der Waals surface area contributed by atoms with Gasteiger partial charge in [-0.3, -0.25) is 0 Å².